The van der Waals surface area contributed by atoms with E-state index in [1.54, 1.807) is 24.3 Å². The topological polar surface area (TPSA) is 78.5 Å². The van der Waals surface area contributed by atoms with E-state index in [1.165, 1.54) is 5.56 Å². The van der Waals surface area contributed by atoms with Gasteiger partial charge in [0.25, 0.3) is 17.7 Å². The lowest BCUT2D eigenvalue weighted by Gasteiger charge is -2.15. The highest BCUT2D eigenvalue weighted by Crippen LogP contribution is 2.26. The van der Waals surface area contributed by atoms with E-state index in [4.69, 9.17) is 11.6 Å². The van der Waals surface area contributed by atoms with E-state index in [0.29, 0.717) is 17.7 Å². The Morgan fingerprint density at radius 2 is 1.44 bits per heavy atom. The van der Waals surface area contributed by atoms with Gasteiger partial charge < -0.3 is 10.6 Å². The van der Waals surface area contributed by atoms with Crippen LogP contribution in [-0.4, -0.2) is 29.2 Å². The first kappa shape index (κ1) is 25.2. The van der Waals surface area contributed by atoms with Crippen LogP contribution in [0.4, 0.5) is 11.4 Å². The molecule has 7 heteroatoms. The summed E-state index contributed by atoms with van der Waals surface area (Å²) in [4.78, 5) is 39.2. The zero-order chi connectivity index (χ0) is 25.5. The second-order valence-corrected chi connectivity index (χ2v) is 9.02. The Morgan fingerprint density at radius 1 is 0.806 bits per heavy atom. The number of aryl methyl sites for hydroxylation is 1. The van der Waals surface area contributed by atoms with Gasteiger partial charge in [0.15, 0.2) is 0 Å². The molecule has 184 valence electrons. The fourth-order valence-electron chi connectivity index (χ4n) is 3.93. The summed E-state index contributed by atoms with van der Waals surface area (Å²) >= 11 is 6.20. The van der Waals surface area contributed by atoms with Crippen LogP contribution >= 0.6 is 11.6 Å². The van der Waals surface area contributed by atoms with Crippen LogP contribution in [0.3, 0.4) is 0 Å². The molecule has 2 N–H and O–H groups in total. The molecule has 36 heavy (non-hydrogen) atoms. The number of nitrogens with one attached hydrogen (secondary N) is 2. The molecule has 0 saturated carbocycles. The van der Waals surface area contributed by atoms with E-state index < -0.39 is 11.8 Å². The maximum atomic E-state index is 12.8. The van der Waals surface area contributed by atoms with Crippen LogP contribution in [0.1, 0.15) is 41.3 Å². The minimum absolute atomic E-state index is 0.0371. The first-order valence-corrected chi connectivity index (χ1v) is 12.4. The number of nitrogens with zero attached hydrogens (tertiary/aromatic N) is 1. The van der Waals surface area contributed by atoms with Crippen molar-refractivity contribution >= 4 is 40.7 Å². The summed E-state index contributed by atoms with van der Waals surface area (Å²) in [5.41, 5.74) is 4.05. The number of hydrogen-bond acceptors (Lipinski definition) is 4. The number of hydrogen-bond donors (Lipinski definition) is 2. The van der Waals surface area contributed by atoms with Crippen molar-refractivity contribution < 1.29 is 14.4 Å². The number of anilines is 2. The fourth-order valence-corrected chi connectivity index (χ4v) is 4.16. The Balaban J connectivity index is 1.35. The second-order valence-electron chi connectivity index (χ2n) is 8.64. The first-order chi connectivity index (χ1) is 17.5. The predicted molar refractivity (Wildman–Crippen MR) is 143 cm³/mol. The lowest BCUT2D eigenvalue weighted by atomic mass is 10.1. The molecule has 4 rings (SSSR count). The molecule has 0 bridgehead atoms. The highest BCUT2D eigenvalue weighted by Gasteiger charge is 2.37. The Labute approximate surface area is 216 Å². The summed E-state index contributed by atoms with van der Waals surface area (Å²) in [6.45, 7) is 2.40. The molecule has 0 aromatic heterocycles. The molecule has 6 nitrogen and oxygen atoms in total. The highest BCUT2D eigenvalue weighted by molar-refractivity contribution is 6.48. The summed E-state index contributed by atoms with van der Waals surface area (Å²) in [5.74, 6) is -1.22. The van der Waals surface area contributed by atoms with Crippen molar-refractivity contribution in [2.45, 2.75) is 32.6 Å². The van der Waals surface area contributed by atoms with Gasteiger partial charge in [0.05, 0.1) is 0 Å². The van der Waals surface area contributed by atoms with Crippen LogP contribution in [0.25, 0.3) is 0 Å². The molecule has 0 spiro atoms. The third kappa shape index (κ3) is 6.01. The Morgan fingerprint density at radius 3 is 2.11 bits per heavy atom. The smallest absolute Gasteiger partial charge is 0.278 e. The highest BCUT2D eigenvalue weighted by atomic mass is 35.5. The van der Waals surface area contributed by atoms with Gasteiger partial charge in [-0.3, -0.25) is 19.3 Å². The Kier molecular flexibility index (Phi) is 8.18. The number of amides is 3. The number of carbonyl (C=O) groups is 3. The summed E-state index contributed by atoms with van der Waals surface area (Å²) in [6.07, 6.45) is 3.85. The molecular weight excluding hydrogens is 474 g/mol. The maximum Gasteiger partial charge on any atom is 0.278 e. The van der Waals surface area contributed by atoms with Gasteiger partial charge in [-0.05, 0) is 66.8 Å². The normalized spacial score (nSPS) is 13.3. The van der Waals surface area contributed by atoms with Crippen LogP contribution in [0.2, 0.25) is 0 Å². The van der Waals surface area contributed by atoms with E-state index in [9.17, 15) is 14.4 Å². The summed E-state index contributed by atoms with van der Waals surface area (Å²) in [7, 11) is 0. The van der Waals surface area contributed by atoms with Crippen molar-refractivity contribution in [2.24, 2.45) is 0 Å². The van der Waals surface area contributed by atoms with Crippen molar-refractivity contribution in [3.05, 3.63) is 106 Å². The Bertz CT molecular complexity index is 1270. The second kappa shape index (κ2) is 11.7. The molecule has 0 atom stereocenters. The number of rotatable bonds is 10. The molecule has 3 amide bonds. The molecule has 1 aliphatic heterocycles. The SMILES string of the molecule is CCCCc1ccc(NC(=O)c2ccc(NC3=C(Cl)C(=O)N(CCc4ccccc4)C3=O)cc2)cc1. The number of imide groups is 1. The molecular formula is C29H28ClN3O3. The summed E-state index contributed by atoms with van der Waals surface area (Å²) < 4.78 is 0. The molecule has 1 heterocycles. The van der Waals surface area contributed by atoms with E-state index in [-0.39, 0.29) is 23.2 Å². The van der Waals surface area contributed by atoms with Gasteiger partial charge in [0.2, 0.25) is 0 Å². The van der Waals surface area contributed by atoms with Gasteiger partial charge in [-0.1, -0.05) is 67.4 Å². The molecule has 0 fully saturated rings. The van der Waals surface area contributed by atoms with Gasteiger partial charge in [-0.15, -0.1) is 0 Å². The fraction of sp³-hybridized carbons (Fsp3) is 0.207. The monoisotopic (exact) mass is 501 g/mol. The minimum Gasteiger partial charge on any atom is -0.350 e. The van der Waals surface area contributed by atoms with Crippen molar-refractivity contribution in [1.82, 2.24) is 4.90 Å². The van der Waals surface area contributed by atoms with E-state index in [0.717, 1.165) is 35.4 Å². The van der Waals surface area contributed by atoms with Crippen molar-refractivity contribution in [2.75, 3.05) is 17.2 Å². The molecule has 1 aliphatic rings. The standard InChI is InChI=1S/C29H28ClN3O3/c1-2-3-7-21-10-14-24(15-11-21)32-27(34)22-12-16-23(17-13-22)31-26-25(30)28(35)33(29(26)36)19-18-20-8-5-4-6-9-20/h4-6,8-17,31H,2-3,7,18-19H2,1H3,(H,32,34). The van der Waals surface area contributed by atoms with Crippen LogP contribution in [0.5, 0.6) is 0 Å². The van der Waals surface area contributed by atoms with Crippen LogP contribution < -0.4 is 10.6 Å². The number of benzene rings is 3. The van der Waals surface area contributed by atoms with E-state index in [2.05, 4.69) is 17.6 Å². The number of halogens is 1. The van der Waals surface area contributed by atoms with Crippen molar-refractivity contribution in [3.8, 4) is 0 Å². The summed E-state index contributed by atoms with van der Waals surface area (Å²) in [5, 5.41) is 5.69. The third-order valence-corrected chi connectivity index (χ3v) is 6.38. The number of carbonyl (C=O) groups excluding carboxylic acids is 3. The molecule has 0 radical (unpaired) electrons. The average molecular weight is 502 g/mol. The predicted octanol–water partition coefficient (Wildman–Crippen LogP) is 5.76. The Hall–Kier alpha value is -3.90. The zero-order valence-corrected chi connectivity index (χ0v) is 20.8. The van der Waals surface area contributed by atoms with E-state index >= 15 is 0 Å². The van der Waals surface area contributed by atoms with Crippen LogP contribution in [0.15, 0.2) is 89.6 Å². The average Bonchev–Trinajstić information content (AvgIpc) is 3.10. The quantitative estimate of drug-likeness (QED) is 0.346. The van der Waals surface area contributed by atoms with Gasteiger partial charge in [-0.2, -0.15) is 0 Å². The lowest BCUT2D eigenvalue weighted by molar-refractivity contribution is -0.137. The maximum absolute atomic E-state index is 12.8. The van der Waals surface area contributed by atoms with Crippen LogP contribution in [0, 0.1) is 0 Å². The summed E-state index contributed by atoms with van der Waals surface area (Å²) in [6, 6.07) is 24.1. The molecule has 0 saturated heterocycles. The number of unbranched alkanes of at least 4 members (excludes halogenated alkanes) is 1. The zero-order valence-electron chi connectivity index (χ0n) is 20.1. The van der Waals surface area contributed by atoms with Crippen molar-refractivity contribution in [3.63, 3.8) is 0 Å². The van der Waals surface area contributed by atoms with Gasteiger partial charge in [0, 0.05) is 23.5 Å². The molecule has 3 aromatic carbocycles. The van der Waals surface area contributed by atoms with Gasteiger partial charge >= 0.3 is 0 Å². The van der Waals surface area contributed by atoms with Crippen LogP contribution in [-0.2, 0) is 22.4 Å². The third-order valence-electron chi connectivity index (χ3n) is 6.03. The van der Waals surface area contributed by atoms with Gasteiger partial charge in [0.1, 0.15) is 10.7 Å². The van der Waals surface area contributed by atoms with Gasteiger partial charge in [-0.25, -0.2) is 0 Å². The first-order valence-electron chi connectivity index (χ1n) is 12.0. The minimum atomic E-state index is -0.517. The molecule has 3 aromatic rings. The van der Waals surface area contributed by atoms with Crippen molar-refractivity contribution in [1.29, 1.82) is 0 Å². The van der Waals surface area contributed by atoms with E-state index in [1.807, 2.05) is 54.6 Å². The molecule has 0 unspecified atom stereocenters. The lowest BCUT2D eigenvalue weighted by Crippen LogP contribution is -2.34. The largest absolute Gasteiger partial charge is 0.350 e. The molecule has 0 aliphatic carbocycles.